The van der Waals surface area contributed by atoms with Crippen LogP contribution in [0, 0.1) is 6.92 Å². The van der Waals surface area contributed by atoms with Crippen molar-refractivity contribution in [3.63, 3.8) is 0 Å². The maximum absolute atomic E-state index is 12.5. The second kappa shape index (κ2) is 7.71. The molecule has 0 aliphatic carbocycles. The van der Waals surface area contributed by atoms with E-state index >= 15 is 0 Å². The summed E-state index contributed by atoms with van der Waals surface area (Å²) in [5.41, 5.74) is 11.1. The van der Waals surface area contributed by atoms with Crippen LogP contribution in [0.5, 0.6) is 0 Å². The van der Waals surface area contributed by atoms with Crippen LogP contribution >= 0.6 is 0 Å². The quantitative estimate of drug-likeness (QED) is 0.464. The predicted molar refractivity (Wildman–Crippen MR) is 128 cm³/mol. The van der Waals surface area contributed by atoms with E-state index in [1.807, 2.05) is 50.2 Å². The van der Waals surface area contributed by atoms with Crippen molar-refractivity contribution < 1.29 is 12.8 Å². The summed E-state index contributed by atoms with van der Waals surface area (Å²) in [6, 6.07) is 13.7. The number of nitrogens with zero attached hydrogens (tertiary/aromatic N) is 3. The summed E-state index contributed by atoms with van der Waals surface area (Å²) in [5, 5.41) is 9.49. The van der Waals surface area contributed by atoms with E-state index in [9.17, 15) is 8.42 Å². The lowest BCUT2D eigenvalue weighted by molar-refractivity contribution is 0.355. The largest absolute Gasteiger partial charge is 0.419 e. The fourth-order valence-corrected chi connectivity index (χ4v) is 5.72. The Morgan fingerprint density at radius 2 is 1.97 bits per heavy atom. The van der Waals surface area contributed by atoms with Gasteiger partial charge >= 0.3 is 0 Å². The number of sulfonamides is 1. The van der Waals surface area contributed by atoms with Gasteiger partial charge in [-0.15, -0.1) is 10.2 Å². The lowest BCUT2D eigenvalue weighted by Gasteiger charge is -2.20. The first kappa shape index (κ1) is 21.7. The zero-order valence-electron chi connectivity index (χ0n) is 18.9. The van der Waals surface area contributed by atoms with E-state index in [0.717, 1.165) is 28.6 Å². The third-order valence-corrected chi connectivity index (χ3v) is 7.57. The molecule has 0 saturated heterocycles. The Morgan fingerprint density at radius 1 is 1.21 bits per heavy atom. The van der Waals surface area contributed by atoms with Crippen molar-refractivity contribution in [1.82, 2.24) is 14.8 Å². The van der Waals surface area contributed by atoms with Gasteiger partial charge in [0.1, 0.15) is 0 Å². The maximum atomic E-state index is 12.5. The Labute approximate surface area is 192 Å². The van der Waals surface area contributed by atoms with Gasteiger partial charge < -0.3 is 14.7 Å². The minimum Gasteiger partial charge on any atom is -0.419 e. The molecule has 8 nitrogen and oxygen atoms in total. The molecule has 2 aromatic heterocycles. The Bertz CT molecular complexity index is 1450. The normalized spacial score (nSPS) is 16.8. The van der Waals surface area contributed by atoms with Gasteiger partial charge in [-0.25, -0.2) is 8.42 Å². The molecule has 0 bridgehead atoms. The van der Waals surface area contributed by atoms with Crippen molar-refractivity contribution in [2.24, 2.45) is 5.73 Å². The number of nitrogens with two attached hydrogens (primary N) is 1. The van der Waals surface area contributed by atoms with Crippen LogP contribution in [0.3, 0.4) is 0 Å². The summed E-state index contributed by atoms with van der Waals surface area (Å²) >= 11 is 0. The second-order valence-electron chi connectivity index (χ2n) is 8.90. The van der Waals surface area contributed by atoms with Gasteiger partial charge in [0.25, 0.3) is 0 Å². The molecule has 1 aliphatic heterocycles. The van der Waals surface area contributed by atoms with Crippen LogP contribution in [-0.4, -0.2) is 28.9 Å². The Kier molecular flexibility index (Phi) is 5.06. The molecule has 0 spiro atoms. The lowest BCUT2D eigenvalue weighted by Crippen LogP contribution is -2.35. The monoisotopic (exact) mass is 465 g/mol. The van der Waals surface area contributed by atoms with Crippen LogP contribution in [0.4, 0.5) is 5.69 Å². The molecule has 9 heteroatoms. The molecule has 0 saturated carbocycles. The molecular weight excluding hydrogens is 438 g/mol. The third-order valence-electron chi connectivity index (χ3n) is 6.32. The number of aryl methyl sites for hydroxylation is 2. The van der Waals surface area contributed by atoms with Gasteiger partial charge in [0.05, 0.1) is 22.5 Å². The smallest absolute Gasteiger partial charge is 0.247 e. The van der Waals surface area contributed by atoms with Gasteiger partial charge in [0, 0.05) is 23.2 Å². The van der Waals surface area contributed by atoms with Crippen LogP contribution in [0.25, 0.3) is 22.4 Å². The highest BCUT2D eigenvalue weighted by molar-refractivity contribution is 7.92. The van der Waals surface area contributed by atoms with E-state index in [-0.39, 0.29) is 5.75 Å². The summed E-state index contributed by atoms with van der Waals surface area (Å²) in [6.07, 6.45) is 1.37. The number of nitrogens with one attached hydrogen (secondary N) is 1. The van der Waals surface area contributed by atoms with Crippen LogP contribution < -0.4 is 10.5 Å². The fraction of sp³-hybridized carbons (Fsp3) is 0.333. The molecular formula is C24H27N5O3S. The van der Waals surface area contributed by atoms with Crippen LogP contribution in [-0.2, 0) is 34.9 Å². The molecule has 33 heavy (non-hydrogen) atoms. The van der Waals surface area contributed by atoms with E-state index in [0.29, 0.717) is 36.0 Å². The van der Waals surface area contributed by atoms with Crippen molar-refractivity contribution in [1.29, 1.82) is 0 Å². The van der Waals surface area contributed by atoms with E-state index in [1.165, 1.54) is 5.56 Å². The van der Waals surface area contributed by atoms with Gasteiger partial charge in [-0.2, -0.15) is 0 Å². The number of benzene rings is 2. The van der Waals surface area contributed by atoms with Crippen LogP contribution in [0.2, 0.25) is 0 Å². The van der Waals surface area contributed by atoms with Crippen molar-refractivity contribution in [2.75, 3.05) is 10.5 Å². The molecule has 0 fully saturated rings. The number of hydrogen-bond acceptors (Lipinski definition) is 6. The minimum atomic E-state index is -3.45. The molecule has 172 valence electrons. The Balaban J connectivity index is 1.60. The zero-order valence-corrected chi connectivity index (χ0v) is 19.7. The molecule has 2 aromatic carbocycles. The summed E-state index contributed by atoms with van der Waals surface area (Å²) in [7, 11) is -3.45. The Hall–Kier alpha value is -3.17. The van der Waals surface area contributed by atoms with E-state index in [2.05, 4.69) is 26.4 Å². The summed E-state index contributed by atoms with van der Waals surface area (Å²) in [4.78, 5) is 0. The van der Waals surface area contributed by atoms with Crippen molar-refractivity contribution in [3.05, 3.63) is 65.2 Å². The number of hydrogen-bond donors (Lipinski definition) is 2. The standard InChI is InChI=1S/C24H27N5O3S/c1-4-18-15(2)29-10-11-33(30,31)28-20-13-17(12-19(18)21(20)29)22-26-27-23(32-22)24(3,25)14-16-8-6-5-7-9-16/h5-9,12-13,28H,4,10-11,14,25H2,1-3H3/t24-/m1/s1. The molecule has 0 amide bonds. The summed E-state index contributed by atoms with van der Waals surface area (Å²) in [5.74, 6) is 0.668. The van der Waals surface area contributed by atoms with Gasteiger partial charge in [-0.3, -0.25) is 4.72 Å². The number of aromatic nitrogens is 3. The summed E-state index contributed by atoms with van der Waals surface area (Å²) in [6.45, 7) is 6.41. The zero-order chi connectivity index (χ0) is 23.4. The highest BCUT2D eigenvalue weighted by Gasteiger charge is 2.30. The van der Waals surface area contributed by atoms with Gasteiger partial charge in [-0.05, 0) is 49.9 Å². The molecule has 0 radical (unpaired) electrons. The highest BCUT2D eigenvalue weighted by Crippen LogP contribution is 2.38. The molecule has 1 aliphatic rings. The van der Waals surface area contributed by atoms with Gasteiger partial charge in [0.15, 0.2) is 0 Å². The molecule has 3 N–H and O–H groups in total. The molecule has 1 atom stereocenters. The van der Waals surface area contributed by atoms with Crippen molar-refractivity contribution in [3.8, 4) is 11.5 Å². The van der Waals surface area contributed by atoms with Gasteiger partial charge in [-0.1, -0.05) is 37.3 Å². The average Bonchev–Trinajstić information content (AvgIpc) is 3.32. The third kappa shape index (κ3) is 3.81. The lowest BCUT2D eigenvalue weighted by atomic mass is 9.94. The maximum Gasteiger partial charge on any atom is 0.247 e. The molecule has 4 aromatic rings. The molecule has 0 unspecified atom stereocenters. The van der Waals surface area contributed by atoms with Crippen molar-refractivity contribution in [2.45, 2.75) is 45.7 Å². The van der Waals surface area contributed by atoms with Crippen molar-refractivity contribution >= 4 is 26.6 Å². The minimum absolute atomic E-state index is 0.0283. The first-order chi connectivity index (χ1) is 15.7. The number of rotatable bonds is 5. The summed E-state index contributed by atoms with van der Waals surface area (Å²) < 4.78 is 35.9. The average molecular weight is 466 g/mol. The highest BCUT2D eigenvalue weighted by atomic mass is 32.2. The first-order valence-corrected chi connectivity index (χ1v) is 12.7. The van der Waals surface area contributed by atoms with E-state index in [4.69, 9.17) is 10.2 Å². The topological polar surface area (TPSA) is 116 Å². The van der Waals surface area contributed by atoms with Crippen LogP contribution in [0.15, 0.2) is 46.9 Å². The molecule has 5 rings (SSSR count). The fourth-order valence-electron chi connectivity index (χ4n) is 4.70. The Morgan fingerprint density at radius 3 is 2.70 bits per heavy atom. The predicted octanol–water partition coefficient (Wildman–Crippen LogP) is 3.73. The van der Waals surface area contributed by atoms with E-state index in [1.54, 1.807) is 6.07 Å². The number of anilines is 1. The molecule has 3 heterocycles. The van der Waals surface area contributed by atoms with E-state index < -0.39 is 15.6 Å². The van der Waals surface area contributed by atoms with Gasteiger partial charge in [0.2, 0.25) is 21.8 Å². The van der Waals surface area contributed by atoms with Crippen LogP contribution in [0.1, 0.15) is 36.6 Å². The first-order valence-electron chi connectivity index (χ1n) is 11.0. The second-order valence-corrected chi connectivity index (χ2v) is 10.7. The SMILES string of the molecule is CCc1c(C)n2c3c(cc(-c4nnc([C@](C)(N)Cc5ccccc5)o4)cc13)NS(=O)(=O)CC2.